The van der Waals surface area contributed by atoms with Gasteiger partial charge in [-0.2, -0.15) is 0 Å². The van der Waals surface area contributed by atoms with Gasteiger partial charge in [0, 0.05) is 11.4 Å². The second-order valence-corrected chi connectivity index (χ2v) is 11.3. The Morgan fingerprint density at radius 1 is 0.778 bits per heavy atom. The fraction of sp³-hybridized carbons (Fsp3) is 0.233. The second-order valence-electron chi connectivity index (χ2n) is 9.33. The highest BCUT2D eigenvalue weighted by Gasteiger charge is 2.23. The molecule has 0 bridgehead atoms. The molecule has 4 rings (SSSR count). The van der Waals surface area contributed by atoms with Crippen molar-refractivity contribution < 1.29 is 13.2 Å². The summed E-state index contributed by atoms with van der Waals surface area (Å²) >= 11 is 0. The van der Waals surface area contributed by atoms with E-state index in [0.717, 1.165) is 33.6 Å². The number of anilines is 2. The molecule has 0 unspecified atom stereocenters. The van der Waals surface area contributed by atoms with Crippen molar-refractivity contribution in [1.82, 2.24) is 4.98 Å². The molecule has 1 N–H and O–H groups in total. The Labute approximate surface area is 214 Å². The number of hydrogen-bond donors (Lipinski definition) is 1. The number of ether oxygens (including phenoxy) is 1. The molecule has 0 aliphatic rings. The van der Waals surface area contributed by atoms with Gasteiger partial charge in [0.2, 0.25) is 9.84 Å². The van der Waals surface area contributed by atoms with Crippen molar-refractivity contribution in [3.8, 4) is 5.75 Å². The minimum absolute atomic E-state index is 0.136. The fourth-order valence-corrected chi connectivity index (χ4v) is 5.77. The minimum atomic E-state index is -3.82. The summed E-state index contributed by atoms with van der Waals surface area (Å²) in [6, 6.07) is 20.2. The molecule has 0 saturated carbocycles. The van der Waals surface area contributed by atoms with E-state index in [0.29, 0.717) is 18.2 Å². The van der Waals surface area contributed by atoms with Crippen LogP contribution >= 0.6 is 0 Å². The highest BCUT2D eigenvalue weighted by atomic mass is 32.2. The molecule has 36 heavy (non-hydrogen) atoms. The van der Waals surface area contributed by atoms with Crippen LogP contribution in [0.1, 0.15) is 39.1 Å². The van der Waals surface area contributed by atoms with Gasteiger partial charge in [-0.3, -0.25) is 0 Å². The van der Waals surface area contributed by atoms with E-state index in [1.807, 2.05) is 33.8 Å². The zero-order valence-corrected chi connectivity index (χ0v) is 22.5. The SMILES string of the molecule is Cc1cc(C)c(Nc2nc(C)ccc2S(=O)(=O)c2ccc(OCc3c(C)cccc3C)cc2)c(C)c1. The maximum atomic E-state index is 13.6. The van der Waals surface area contributed by atoms with Crippen molar-refractivity contribution in [2.45, 2.75) is 57.9 Å². The van der Waals surface area contributed by atoms with Gasteiger partial charge < -0.3 is 10.1 Å². The van der Waals surface area contributed by atoms with Crippen LogP contribution in [0, 0.1) is 41.5 Å². The zero-order chi connectivity index (χ0) is 26.0. The van der Waals surface area contributed by atoms with Gasteiger partial charge in [0.05, 0.1) is 4.90 Å². The minimum Gasteiger partial charge on any atom is -0.489 e. The molecule has 186 valence electrons. The van der Waals surface area contributed by atoms with Gasteiger partial charge in [0.1, 0.15) is 23.1 Å². The number of benzene rings is 3. The van der Waals surface area contributed by atoms with Crippen LogP contribution < -0.4 is 10.1 Å². The van der Waals surface area contributed by atoms with Crippen LogP contribution in [0.3, 0.4) is 0 Å². The molecule has 0 fully saturated rings. The normalized spacial score (nSPS) is 11.4. The molecule has 0 aliphatic heterocycles. The van der Waals surface area contributed by atoms with Crippen molar-refractivity contribution in [2.75, 3.05) is 5.32 Å². The van der Waals surface area contributed by atoms with Crippen LogP contribution in [0.25, 0.3) is 0 Å². The first-order valence-corrected chi connectivity index (χ1v) is 13.4. The smallest absolute Gasteiger partial charge is 0.210 e. The molecule has 0 saturated heterocycles. The molecular formula is C30H32N2O3S. The third kappa shape index (κ3) is 5.29. The standard InChI is InChI=1S/C30H32N2O3S/c1-19-16-22(4)29(23(5)17-19)32-30-28(15-10-24(6)31-30)36(33,34)26-13-11-25(12-14-26)35-18-27-20(2)8-7-9-21(27)3/h7-17H,18H2,1-6H3,(H,31,32). The lowest BCUT2D eigenvalue weighted by Crippen LogP contribution is -2.09. The monoisotopic (exact) mass is 500 g/mol. The molecule has 1 heterocycles. The second kappa shape index (κ2) is 10.2. The quantitative estimate of drug-likeness (QED) is 0.293. The molecule has 0 radical (unpaired) electrons. The Balaban J connectivity index is 1.62. The number of hydrogen-bond acceptors (Lipinski definition) is 5. The summed E-state index contributed by atoms with van der Waals surface area (Å²) in [5, 5.41) is 3.30. The third-order valence-corrected chi connectivity index (χ3v) is 8.17. The molecule has 0 spiro atoms. The molecule has 0 amide bonds. The van der Waals surface area contributed by atoms with Crippen molar-refractivity contribution in [2.24, 2.45) is 0 Å². The highest BCUT2D eigenvalue weighted by Crippen LogP contribution is 2.32. The third-order valence-electron chi connectivity index (χ3n) is 6.37. The number of aromatic nitrogens is 1. The predicted molar refractivity (Wildman–Crippen MR) is 145 cm³/mol. The summed E-state index contributed by atoms with van der Waals surface area (Å²) in [5.41, 5.74) is 8.28. The van der Waals surface area contributed by atoms with E-state index in [4.69, 9.17) is 4.74 Å². The molecule has 0 aliphatic carbocycles. The Hall–Kier alpha value is -3.64. The van der Waals surface area contributed by atoms with Gasteiger partial charge >= 0.3 is 0 Å². The number of aryl methyl sites for hydroxylation is 6. The number of rotatable bonds is 7. The van der Waals surface area contributed by atoms with Gasteiger partial charge in [0.15, 0.2) is 0 Å². The van der Waals surface area contributed by atoms with Crippen LogP contribution in [0.2, 0.25) is 0 Å². The van der Waals surface area contributed by atoms with Crippen LogP contribution in [-0.4, -0.2) is 13.4 Å². The van der Waals surface area contributed by atoms with Gasteiger partial charge in [-0.05, 0) is 106 Å². The first-order valence-electron chi connectivity index (χ1n) is 11.9. The highest BCUT2D eigenvalue weighted by molar-refractivity contribution is 7.91. The van der Waals surface area contributed by atoms with E-state index < -0.39 is 9.84 Å². The van der Waals surface area contributed by atoms with E-state index in [9.17, 15) is 8.42 Å². The maximum absolute atomic E-state index is 13.6. The number of sulfone groups is 1. The van der Waals surface area contributed by atoms with E-state index in [1.165, 1.54) is 11.1 Å². The first kappa shape index (κ1) is 25.5. The van der Waals surface area contributed by atoms with E-state index in [2.05, 4.69) is 48.4 Å². The Bertz CT molecular complexity index is 1480. The van der Waals surface area contributed by atoms with Gasteiger partial charge in [-0.15, -0.1) is 0 Å². The zero-order valence-electron chi connectivity index (χ0n) is 21.6. The summed E-state index contributed by atoms with van der Waals surface area (Å²) in [7, 11) is -3.82. The van der Waals surface area contributed by atoms with E-state index >= 15 is 0 Å². The average molecular weight is 501 g/mol. The van der Waals surface area contributed by atoms with Crippen LogP contribution in [0.5, 0.6) is 5.75 Å². The van der Waals surface area contributed by atoms with Gasteiger partial charge in [0.25, 0.3) is 0 Å². The summed E-state index contributed by atoms with van der Waals surface area (Å²) in [4.78, 5) is 4.87. The average Bonchev–Trinajstić information content (AvgIpc) is 2.81. The summed E-state index contributed by atoms with van der Waals surface area (Å²) in [6.45, 7) is 12.4. The molecule has 0 atom stereocenters. The lowest BCUT2D eigenvalue weighted by molar-refractivity contribution is 0.304. The van der Waals surface area contributed by atoms with Crippen molar-refractivity contribution in [3.63, 3.8) is 0 Å². The molecular weight excluding hydrogens is 468 g/mol. The largest absolute Gasteiger partial charge is 0.489 e. The van der Waals surface area contributed by atoms with E-state index in [1.54, 1.807) is 36.4 Å². The first-order chi connectivity index (χ1) is 17.1. The summed E-state index contributed by atoms with van der Waals surface area (Å²) in [6.07, 6.45) is 0. The Morgan fingerprint density at radius 2 is 1.39 bits per heavy atom. The Morgan fingerprint density at radius 3 is 2.00 bits per heavy atom. The van der Waals surface area contributed by atoms with Gasteiger partial charge in [-0.1, -0.05) is 35.9 Å². The van der Waals surface area contributed by atoms with E-state index in [-0.39, 0.29) is 9.79 Å². The van der Waals surface area contributed by atoms with Crippen molar-refractivity contribution >= 4 is 21.3 Å². The fourth-order valence-electron chi connectivity index (χ4n) is 4.42. The van der Waals surface area contributed by atoms with Crippen molar-refractivity contribution in [1.29, 1.82) is 0 Å². The van der Waals surface area contributed by atoms with Gasteiger partial charge in [-0.25, -0.2) is 13.4 Å². The molecule has 3 aromatic carbocycles. The predicted octanol–water partition coefficient (Wildman–Crippen LogP) is 7.09. The number of nitrogens with zero attached hydrogens (tertiary/aromatic N) is 1. The van der Waals surface area contributed by atoms with Crippen LogP contribution in [-0.2, 0) is 16.4 Å². The molecule has 4 aromatic rings. The van der Waals surface area contributed by atoms with Crippen LogP contribution in [0.15, 0.2) is 76.5 Å². The summed E-state index contributed by atoms with van der Waals surface area (Å²) in [5.74, 6) is 0.934. The molecule has 6 heteroatoms. The summed E-state index contributed by atoms with van der Waals surface area (Å²) < 4.78 is 33.2. The van der Waals surface area contributed by atoms with Crippen molar-refractivity contribution in [3.05, 3.63) is 106 Å². The van der Waals surface area contributed by atoms with Crippen LogP contribution in [0.4, 0.5) is 11.5 Å². The Kier molecular flexibility index (Phi) is 7.18. The molecule has 1 aromatic heterocycles. The molecule has 5 nitrogen and oxygen atoms in total. The number of nitrogens with one attached hydrogen (secondary N) is 1. The lowest BCUT2D eigenvalue weighted by atomic mass is 10.0. The lowest BCUT2D eigenvalue weighted by Gasteiger charge is -2.17. The maximum Gasteiger partial charge on any atom is 0.210 e. The number of pyridine rings is 1. The topological polar surface area (TPSA) is 68.3 Å².